The van der Waals surface area contributed by atoms with Crippen LogP contribution in [0.4, 0.5) is 5.69 Å². The van der Waals surface area contributed by atoms with Crippen LogP contribution >= 0.6 is 0 Å². The maximum absolute atomic E-state index is 4.59. The summed E-state index contributed by atoms with van der Waals surface area (Å²) in [7, 11) is 2.23. The van der Waals surface area contributed by atoms with E-state index < -0.39 is 0 Å². The van der Waals surface area contributed by atoms with Crippen molar-refractivity contribution in [2.45, 2.75) is 44.7 Å². The second-order valence-corrected chi connectivity index (χ2v) is 9.11. The summed E-state index contributed by atoms with van der Waals surface area (Å²) < 4.78 is 0. The summed E-state index contributed by atoms with van der Waals surface area (Å²) in [6, 6.07) is 12.2. The average Bonchev–Trinajstić information content (AvgIpc) is 3.13. The molecular formula is C25H33N5. The molecule has 1 aromatic carbocycles. The van der Waals surface area contributed by atoms with Crippen molar-refractivity contribution in [2.75, 3.05) is 38.1 Å². The first-order valence-electron chi connectivity index (χ1n) is 11.4. The molecule has 2 fully saturated rings. The number of hydrogen-bond donors (Lipinski definition) is 2. The lowest BCUT2D eigenvalue weighted by Gasteiger charge is -2.37. The minimum absolute atomic E-state index is 0.654. The lowest BCUT2D eigenvalue weighted by molar-refractivity contribution is 0.217. The molecule has 0 aliphatic carbocycles. The highest BCUT2D eigenvalue weighted by Gasteiger charge is 2.24. The van der Waals surface area contributed by atoms with Gasteiger partial charge in [-0.2, -0.15) is 0 Å². The highest BCUT2D eigenvalue weighted by atomic mass is 15.2. The molecule has 30 heavy (non-hydrogen) atoms. The van der Waals surface area contributed by atoms with E-state index in [2.05, 4.69) is 69.4 Å². The number of benzene rings is 1. The third kappa shape index (κ3) is 3.96. The third-order valence-corrected chi connectivity index (χ3v) is 7.03. The minimum Gasteiger partial charge on any atom is -0.370 e. The Bertz CT molecular complexity index is 994. The largest absolute Gasteiger partial charge is 0.370 e. The number of para-hydroxylation sites is 1. The van der Waals surface area contributed by atoms with Crippen LogP contribution < -0.4 is 10.2 Å². The van der Waals surface area contributed by atoms with E-state index in [1.807, 2.05) is 12.4 Å². The number of aromatic amines is 1. The van der Waals surface area contributed by atoms with E-state index in [1.165, 1.54) is 72.2 Å². The molecule has 2 aromatic heterocycles. The predicted molar refractivity (Wildman–Crippen MR) is 125 cm³/mol. The Kier molecular flexibility index (Phi) is 5.48. The molecule has 0 bridgehead atoms. The molecule has 5 nitrogen and oxygen atoms in total. The Labute approximate surface area is 179 Å². The standard InChI is InChI=1S/C25H33N5/c1-18-23-5-3-4-6-24(23)28-25(18)19-15-22(17-26-16-19)30-13-9-21(10-14-30)27-20-7-11-29(2)12-8-20/h3-6,15-17,20-21,27-28H,7-14H2,1-2H3. The first-order valence-corrected chi connectivity index (χ1v) is 11.4. The molecule has 0 amide bonds. The van der Waals surface area contributed by atoms with Crippen molar-refractivity contribution >= 4 is 16.6 Å². The summed E-state index contributed by atoms with van der Waals surface area (Å²) in [5.74, 6) is 0. The van der Waals surface area contributed by atoms with Crippen molar-refractivity contribution in [1.29, 1.82) is 0 Å². The molecule has 0 radical (unpaired) electrons. The number of rotatable bonds is 4. The van der Waals surface area contributed by atoms with Crippen molar-refractivity contribution in [2.24, 2.45) is 0 Å². The van der Waals surface area contributed by atoms with E-state index in [0.29, 0.717) is 12.1 Å². The van der Waals surface area contributed by atoms with Crippen LogP contribution in [0.15, 0.2) is 42.7 Å². The molecule has 2 aliphatic rings. The Morgan fingerprint density at radius 1 is 0.967 bits per heavy atom. The monoisotopic (exact) mass is 403 g/mol. The molecule has 3 aromatic rings. The number of nitrogens with zero attached hydrogens (tertiary/aromatic N) is 3. The second kappa shape index (κ2) is 8.40. The summed E-state index contributed by atoms with van der Waals surface area (Å²) in [5.41, 5.74) is 6.09. The van der Waals surface area contributed by atoms with E-state index in [-0.39, 0.29) is 0 Å². The molecule has 5 rings (SSSR count). The normalized spacial score (nSPS) is 19.6. The maximum atomic E-state index is 4.59. The van der Waals surface area contributed by atoms with Crippen molar-refractivity contribution in [3.8, 4) is 11.3 Å². The zero-order chi connectivity index (χ0) is 20.5. The van der Waals surface area contributed by atoms with Crippen molar-refractivity contribution in [3.63, 3.8) is 0 Å². The summed E-state index contributed by atoms with van der Waals surface area (Å²) >= 11 is 0. The van der Waals surface area contributed by atoms with Crippen LogP contribution in [-0.2, 0) is 0 Å². The Morgan fingerprint density at radius 3 is 2.40 bits per heavy atom. The summed E-state index contributed by atoms with van der Waals surface area (Å²) in [6.07, 6.45) is 8.99. The zero-order valence-electron chi connectivity index (χ0n) is 18.2. The van der Waals surface area contributed by atoms with Crippen LogP contribution in [0.2, 0.25) is 0 Å². The lowest BCUT2D eigenvalue weighted by Crippen LogP contribution is -2.49. The second-order valence-electron chi connectivity index (χ2n) is 9.11. The van der Waals surface area contributed by atoms with Crippen molar-refractivity contribution in [1.82, 2.24) is 20.2 Å². The fourth-order valence-electron chi connectivity index (χ4n) is 5.12. The van der Waals surface area contributed by atoms with Gasteiger partial charge in [0.2, 0.25) is 0 Å². The van der Waals surface area contributed by atoms with E-state index >= 15 is 0 Å². The molecule has 2 N–H and O–H groups in total. The van der Waals surface area contributed by atoms with Gasteiger partial charge in [-0.05, 0) is 70.4 Å². The SMILES string of the molecule is Cc1c(-c2cncc(N3CCC(NC4CCN(C)CC4)CC3)c2)[nH]c2ccccc12. The van der Waals surface area contributed by atoms with Gasteiger partial charge >= 0.3 is 0 Å². The quantitative estimate of drug-likeness (QED) is 0.686. The minimum atomic E-state index is 0.654. The fourth-order valence-corrected chi connectivity index (χ4v) is 5.12. The summed E-state index contributed by atoms with van der Waals surface area (Å²) in [5, 5.41) is 5.23. The number of likely N-dealkylation sites (tertiary alicyclic amines) is 1. The van der Waals surface area contributed by atoms with Gasteiger partial charge in [0.15, 0.2) is 0 Å². The van der Waals surface area contributed by atoms with E-state index in [4.69, 9.17) is 0 Å². The van der Waals surface area contributed by atoms with Crippen LogP contribution in [0.3, 0.4) is 0 Å². The summed E-state index contributed by atoms with van der Waals surface area (Å²) in [4.78, 5) is 13.1. The predicted octanol–water partition coefficient (Wildman–Crippen LogP) is 4.19. The number of aryl methyl sites for hydroxylation is 1. The van der Waals surface area contributed by atoms with Crippen molar-refractivity contribution in [3.05, 3.63) is 48.3 Å². The Hall–Kier alpha value is -2.37. The molecule has 5 heteroatoms. The number of hydrogen-bond acceptors (Lipinski definition) is 4. The van der Waals surface area contributed by atoms with Crippen LogP contribution in [0, 0.1) is 6.92 Å². The highest BCUT2D eigenvalue weighted by molar-refractivity contribution is 5.90. The molecule has 0 atom stereocenters. The lowest BCUT2D eigenvalue weighted by atomic mass is 9.99. The van der Waals surface area contributed by atoms with Gasteiger partial charge in [0, 0.05) is 47.8 Å². The average molecular weight is 404 g/mol. The number of piperidine rings is 2. The van der Waals surface area contributed by atoms with Gasteiger partial charge in [-0.15, -0.1) is 0 Å². The molecule has 0 spiro atoms. The van der Waals surface area contributed by atoms with E-state index in [9.17, 15) is 0 Å². The topological polar surface area (TPSA) is 47.2 Å². The molecule has 4 heterocycles. The van der Waals surface area contributed by atoms with Gasteiger partial charge in [0.25, 0.3) is 0 Å². The van der Waals surface area contributed by atoms with Gasteiger partial charge in [-0.1, -0.05) is 18.2 Å². The van der Waals surface area contributed by atoms with Crippen LogP contribution in [-0.4, -0.2) is 60.2 Å². The molecule has 0 saturated carbocycles. The van der Waals surface area contributed by atoms with Gasteiger partial charge < -0.3 is 20.1 Å². The number of anilines is 1. The first kappa shape index (κ1) is 19.6. The molecule has 0 unspecified atom stereocenters. The summed E-state index contributed by atoms with van der Waals surface area (Å²) in [6.45, 7) is 6.84. The Balaban J connectivity index is 1.25. The van der Waals surface area contributed by atoms with Crippen LogP contribution in [0.25, 0.3) is 22.2 Å². The van der Waals surface area contributed by atoms with Gasteiger partial charge in [0.1, 0.15) is 0 Å². The van der Waals surface area contributed by atoms with E-state index in [1.54, 1.807) is 0 Å². The van der Waals surface area contributed by atoms with Gasteiger partial charge in [0.05, 0.1) is 17.6 Å². The van der Waals surface area contributed by atoms with Crippen LogP contribution in [0.5, 0.6) is 0 Å². The number of aromatic nitrogens is 2. The van der Waals surface area contributed by atoms with Gasteiger partial charge in [-0.3, -0.25) is 4.98 Å². The molecule has 2 saturated heterocycles. The van der Waals surface area contributed by atoms with E-state index in [0.717, 1.165) is 13.1 Å². The molecular weight excluding hydrogens is 370 g/mol. The third-order valence-electron chi connectivity index (χ3n) is 7.03. The zero-order valence-corrected chi connectivity index (χ0v) is 18.2. The smallest absolute Gasteiger partial charge is 0.0559 e. The maximum Gasteiger partial charge on any atom is 0.0559 e. The van der Waals surface area contributed by atoms with Gasteiger partial charge in [-0.25, -0.2) is 0 Å². The molecule has 2 aliphatic heterocycles. The number of fused-ring (bicyclic) bond motifs is 1. The Morgan fingerprint density at radius 2 is 1.67 bits per heavy atom. The highest BCUT2D eigenvalue weighted by Crippen LogP contribution is 2.31. The van der Waals surface area contributed by atoms with Crippen molar-refractivity contribution < 1.29 is 0 Å². The number of H-pyrrole nitrogens is 1. The first-order chi connectivity index (χ1) is 14.7. The number of pyridine rings is 1. The molecule has 158 valence electrons. The fraction of sp³-hybridized carbons (Fsp3) is 0.480. The number of nitrogens with one attached hydrogen (secondary N) is 2. The van der Waals surface area contributed by atoms with Crippen LogP contribution in [0.1, 0.15) is 31.2 Å².